The Bertz CT molecular complexity index is 313. The van der Waals surface area contributed by atoms with Crippen molar-refractivity contribution in [2.45, 2.75) is 18.6 Å². The highest BCUT2D eigenvalue weighted by atomic mass is 79.9. The molecule has 0 aromatic heterocycles. The maximum Gasteiger partial charge on any atom is 0.0947 e. The summed E-state index contributed by atoms with van der Waals surface area (Å²) in [5, 5.41) is 9.63. The van der Waals surface area contributed by atoms with Gasteiger partial charge in [0.05, 0.1) is 6.10 Å². The number of nitrogens with two attached hydrogens (primary N) is 1. The Morgan fingerprint density at radius 1 is 1.50 bits per heavy atom. The predicted octanol–water partition coefficient (Wildman–Crippen LogP) is 1.37. The third-order valence-corrected chi connectivity index (χ3v) is 2.78. The fourth-order valence-corrected chi connectivity index (χ4v) is 2.00. The van der Waals surface area contributed by atoms with E-state index in [1.165, 1.54) is 5.56 Å². The lowest BCUT2D eigenvalue weighted by Crippen LogP contribution is -2.24. The van der Waals surface area contributed by atoms with Gasteiger partial charge in [-0.15, -0.1) is 0 Å². The second-order valence-corrected chi connectivity index (χ2v) is 4.07. The van der Waals surface area contributed by atoms with Crippen molar-refractivity contribution < 1.29 is 5.11 Å². The summed E-state index contributed by atoms with van der Waals surface area (Å²) < 4.78 is 0.995. The van der Waals surface area contributed by atoms with Gasteiger partial charge >= 0.3 is 0 Å². The molecule has 0 spiro atoms. The van der Waals surface area contributed by atoms with Crippen LogP contribution in [0.1, 0.15) is 17.2 Å². The van der Waals surface area contributed by atoms with Crippen molar-refractivity contribution >= 4 is 15.9 Å². The van der Waals surface area contributed by atoms with E-state index < -0.39 is 6.10 Å². The van der Waals surface area contributed by atoms with Crippen molar-refractivity contribution in [3.05, 3.63) is 33.8 Å². The zero-order valence-corrected chi connectivity index (χ0v) is 8.08. The largest absolute Gasteiger partial charge is 0.387 e. The zero-order valence-electron chi connectivity index (χ0n) is 6.50. The van der Waals surface area contributed by atoms with Crippen LogP contribution in [0.3, 0.4) is 0 Å². The molecule has 0 saturated carbocycles. The van der Waals surface area contributed by atoms with E-state index in [-0.39, 0.29) is 6.04 Å². The van der Waals surface area contributed by atoms with Crippen molar-refractivity contribution in [1.29, 1.82) is 0 Å². The van der Waals surface area contributed by atoms with Crippen LogP contribution in [0.15, 0.2) is 22.7 Å². The van der Waals surface area contributed by atoms with Gasteiger partial charge in [-0.3, -0.25) is 0 Å². The minimum absolute atomic E-state index is 0.130. The molecular weight excluding hydrogens is 218 g/mol. The third kappa shape index (κ3) is 1.18. The number of aliphatic hydroxyl groups is 1. The molecule has 0 saturated heterocycles. The summed E-state index contributed by atoms with van der Waals surface area (Å²) in [7, 11) is 0. The lowest BCUT2D eigenvalue weighted by molar-refractivity contribution is 0.159. The Labute approximate surface area is 79.5 Å². The van der Waals surface area contributed by atoms with Crippen LogP contribution in [0.5, 0.6) is 0 Å². The molecule has 0 heterocycles. The van der Waals surface area contributed by atoms with Crippen LogP contribution in [0.4, 0.5) is 0 Å². The first kappa shape index (κ1) is 8.23. The number of aliphatic hydroxyl groups excluding tert-OH is 1. The number of fused-ring (bicyclic) bond motifs is 1. The first-order valence-electron chi connectivity index (χ1n) is 3.90. The topological polar surface area (TPSA) is 46.2 Å². The van der Waals surface area contributed by atoms with Crippen LogP contribution in [-0.2, 0) is 6.42 Å². The van der Waals surface area contributed by atoms with E-state index in [1.54, 1.807) is 0 Å². The molecule has 1 aliphatic carbocycles. The molecule has 2 atom stereocenters. The molecule has 3 N–H and O–H groups in total. The summed E-state index contributed by atoms with van der Waals surface area (Å²) in [4.78, 5) is 0. The summed E-state index contributed by atoms with van der Waals surface area (Å²) in [6.45, 7) is 0. The number of halogens is 1. The first-order valence-corrected chi connectivity index (χ1v) is 4.70. The molecule has 2 rings (SSSR count). The van der Waals surface area contributed by atoms with Gasteiger partial charge in [0.25, 0.3) is 0 Å². The first-order chi connectivity index (χ1) is 5.68. The van der Waals surface area contributed by atoms with E-state index in [0.717, 1.165) is 16.5 Å². The highest BCUT2D eigenvalue weighted by Crippen LogP contribution is 2.31. The van der Waals surface area contributed by atoms with Crippen LogP contribution in [0.2, 0.25) is 0 Å². The third-order valence-electron chi connectivity index (χ3n) is 2.29. The Kier molecular flexibility index (Phi) is 1.94. The molecule has 0 radical (unpaired) electrons. The highest BCUT2D eigenvalue weighted by molar-refractivity contribution is 9.10. The van der Waals surface area contributed by atoms with Gasteiger partial charge in [0.15, 0.2) is 0 Å². The van der Waals surface area contributed by atoms with Crippen LogP contribution in [0, 0.1) is 0 Å². The second kappa shape index (κ2) is 2.83. The normalized spacial score (nSPS) is 27.2. The minimum Gasteiger partial charge on any atom is -0.387 e. The van der Waals surface area contributed by atoms with Gasteiger partial charge in [-0.2, -0.15) is 0 Å². The zero-order chi connectivity index (χ0) is 8.72. The molecule has 3 heteroatoms. The number of hydrogen-bond donors (Lipinski definition) is 2. The van der Waals surface area contributed by atoms with E-state index in [2.05, 4.69) is 15.9 Å². The fraction of sp³-hybridized carbons (Fsp3) is 0.333. The van der Waals surface area contributed by atoms with E-state index >= 15 is 0 Å². The summed E-state index contributed by atoms with van der Waals surface area (Å²) in [5.74, 6) is 0. The molecule has 1 aliphatic rings. The van der Waals surface area contributed by atoms with E-state index in [9.17, 15) is 5.11 Å². The number of hydrogen-bond acceptors (Lipinski definition) is 2. The summed E-state index contributed by atoms with van der Waals surface area (Å²) >= 11 is 3.36. The minimum atomic E-state index is -0.488. The standard InChI is InChI=1S/C9H10BrNO/c10-6-2-1-5-3-8(11)9(12)7(5)4-6/h1-2,4,8-9,12H,3,11H2/t8-,9-/m1/s1. The SMILES string of the molecule is N[C@@H]1Cc2ccc(Br)cc2[C@H]1O. The second-order valence-electron chi connectivity index (χ2n) is 3.16. The van der Waals surface area contributed by atoms with Gasteiger partial charge in [-0.25, -0.2) is 0 Å². The highest BCUT2D eigenvalue weighted by Gasteiger charge is 2.27. The molecule has 2 nitrogen and oxygen atoms in total. The Hall–Kier alpha value is -0.380. The van der Waals surface area contributed by atoms with Crippen LogP contribution >= 0.6 is 15.9 Å². The molecule has 0 amide bonds. The molecular formula is C9H10BrNO. The van der Waals surface area contributed by atoms with Crippen molar-refractivity contribution in [1.82, 2.24) is 0 Å². The summed E-state index contributed by atoms with van der Waals surface area (Å²) in [5.41, 5.74) is 7.85. The number of rotatable bonds is 0. The van der Waals surface area contributed by atoms with E-state index in [4.69, 9.17) is 5.73 Å². The van der Waals surface area contributed by atoms with Gasteiger partial charge in [0.2, 0.25) is 0 Å². The molecule has 1 aromatic rings. The molecule has 0 fully saturated rings. The average molecular weight is 228 g/mol. The summed E-state index contributed by atoms with van der Waals surface area (Å²) in [6.07, 6.45) is 0.293. The summed E-state index contributed by atoms with van der Waals surface area (Å²) in [6, 6.07) is 5.79. The van der Waals surface area contributed by atoms with Crippen molar-refractivity contribution in [3.63, 3.8) is 0 Å². The maximum absolute atomic E-state index is 9.63. The van der Waals surface area contributed by atoms with Gasteiger partial charge in [0.1, 0.15) is 0 Å². The smallest absolute Gasteiger partial charge is 0.0947 e. The molecule has 0 unspecified atom stereocenters. The van der Waals surface area contributed by atoms with E-state index in [0.29, 0.717) is 0 Å². The van der Waals surface area contributed by atoms with Crippen LogP contribution < -0.4 is 5.73 Å². The monoisotopic (exact) mass is 227 g/mol. The Balaban J connectivity index is 2.48. The van der Waals surface area contributed by atoms with E-state index in [1.807, 2.05) is 18.2 Å². The Morgan fingerprint density at radius 2 is 2.25 bits per heavy atom. The molecule has 0 aliphatic heterocycles. The van der Waals surface area contributed by atoms with Crippen LogP contribution in [-0.4, -0.2) is 11.1 Å². The maximum atomic E-state index is 9.63. The van der Waals surface area contributed by atoms with Crippen LogP contribution in [0.25, 0.3) is 0 Å². The van der Waals surface area contributed by atoms with Gasteiger partial charge in [0, 0.05) is 10.5 Å². The quantitative estimate of drug-likeness (QED) is 0.704. The average Bonchev–Trinajstić information content (AvgIpc) is 2.31. The molecule has 64 valence electrons. The Morgan fingerprint density at radius 3 is 3.00 bits per heavy atom. The molecule has 12 heavy (non-hydrogen) atoms. The van der Waals surface area contributed by atoms with Gasteiger partial charge in [-0.1, -0.05) is 22.0 Å². The number of benzene rings is 1. The predicted molar refractivity (Wildman–Crippen MR) is 50.8 cm³/mol. The van der Waals surface area contributed by atoms with Gasteiger partial charge in [-0.05, 0) is 29.7 Å². The van der Waals surface area contributed by atoms with Gasteiger partial charge < -0.3 is 10.8 Å². The lowest BCUT2D eigenvalue weighted by atomic mass is 10.1. The molecule has 0 bridgehead atoms. The van der Waals surface area contributed by atoms with Crippen molar-refractivity contribution in [2.24, 2.45) is 5.73 Å². The fourth-order valence-electron chi connectivity index (χ4n) is 1.62. The molecule has 1 aromatic carbocycles. The van der Waals surface area contributed by atoms with Crippen molar-refractivity contribution in [2.75, 3.05) is 0 Å². The lowest BCUT2D eigenvalue weighted by Gasteiger charge is -2.08. The van der Waals surface area contributed by atoms with Crippen molar-refractivity contribution in [3.8, 4) is 0 Å².